The highest BCUT2D eigenvalue weighted by molar-refractivity contribution is 5.88. The smallest absolute Gasteiger partial charge is 0.243 e. The number of hydrogen-bond acceptors (Lipinski definition) is 3. The van der Waals surface area contributed by atoms with Crippen LogP contribution in [-0.4, -0.2) is 39.1 Å². The molecule has 0 spiro atoms. The Morgan fingerprint density at radius 1 is 1.06 bits per heavy atom. The molecule has 34 heavy (non-hydrogen) atoms. The Kier molecular flexibility index (Phi) is 7.46. The fraction of sp³-hybridized carbons (Fsp3) is 0.393. The van der Waals surface area contributed by atoms with Gasteiger partial charge in [0.25, 0.3) is 0 Å². The molecule has 1 aliphatic rings. The lowest BCUT2D eigenvalue weighted by Crippen LogP contribution is -2.52. The number of nitrogens with zero attached hydrogens (tertiary/aromatic N) is 3. The van der Waals surface area contributed by atoms with E-state index in [-0.39, 0.29) is 17.7 Å². The van der Waals surface area contributed by atoms with Gasteiger partial charge in [0.2, 0.25) is 11.8 Å². The minimum atomic E-state index is -0.455. The first kappa shape index (κ1) is 23.7. The monoisotopic (exact) mass is 458 g/mol. The zero-order valence-electron chi connectivity index (χ0n) is 20.3. The Morgan fingerprint density at radius 2 is 1.76 bits per heavy atom. The molecule has 178 valence electrons. The molecule has 0 saturated heterocycles. The summed E-state index contributed by atoms with van der Waals surface area (Å²) in [6.07, 6.45) is 4.74. The molecule has 4 rings (SSSR count). The van der Waals surface area contributed by atoms with Crippen LogP contribution in [0.15, 0.2) is 60.8 Å². The molecule has 0 saturated carbocycles. The highest BCUT2D eigenvalue weighted by Crippen LogP contribution is 2.25. The van der Waals surface area contributed by atoms with Crippen molar-refractivity contribution in [3.05, 3.63) is 83.2 Å². The second kappa shape index (κ2) is 10.7. The van der Waals surface area contributed by atoms with Crippen molar-refractivity contribution >= 4 is 11.8 Å². The largest absolute Gasteiger partial charge is 0.354 e. The Labute approximate surface area is 202 Å². The van der Waals surface area contributed by atoms with Gasteiger partial charge < -0.3 is 10.2 Å². The third-order valence-electron chi connectivity index (χ3n) is 6.40. The third-order valence-corrected chi connectivity index (χ3v) is 6.40. The third kappa shape index (κ3) is 5.56. The van der Waals surface area contributed by atoms with Crippen molar-refractivity contribution in [1.82, 2.24) is 20.0 Å². The van der Waals surface area contributed by atoms with Gasteiger partial charge in [0.1, 0.15) is 6.04 Å². The van der Waals surface area contributed by atoms with Crippen LogP contribution in [-0.2, 0) is 29.0 Å². The fourth-order valence-electron chi connectivity index (χ4n) is 4.55. The molecular weight excluding hydrogens is 424 g/mol. The van der Waals surface area contributed by atoms with Gasteiger partial charge in [0.15, 0.2) is 0 Å². The van der Waals surface area contributed by atoms with Crippen molar-refractivity contribution in [3.8, 4) is 5.69 Å². The molecule has 6 nitrogen and oxygen atoms in total. The van der Waals surface area contributed by atoms with Crippen LogP contribution < -0.4 is 5.32 Å². The second-order valence-electron chi connectivity index (χ2n) is 9.52. The molecule has 3 aromatic rings. The SMILES string of the molecule is Cc1nn(-c2ccccc2)cc1CCCNC(=O)C1Cc2ccccc2CN1C(=O)CC(C)C. The number of fused-ring (bicyclic) bond motifs is 1. The number of amides is 2. The summed E-state index contributed by atoms with van der Waals surface area (Å²) >= 11 is 0. The predicted octanol–water partition coefficient (Wildman–Crippen LogP) is 4.23. The summed E-state index contributed by atoms with van der Waals surface area (Å²) in [5.41, 5.74) is 5.51. The van der Waals surface area contributed by atoms with Crippen molar-refractivity contribution in [2.75, 3.05) is 6.54 Å². The maximum atomic E-state index is 13.2. The van der Waals surface area contributed by atoms with E-state index in [9.17, 15) is 9.59 Å². The maximum Gasteiger partial charge on any atom is 0.243 e. The van der Waals surface area contributed by atoms with Crippen molar-refractivity contribution in [1.29, 1.82) is 0 Å². The van der Waals surface area contributed by atoms with E-state index < -0.39 is 6.04 Å². The molecule has 1 unspecified atom stereocenters. The number of aryl methyl sites for hydroxylation is 2. The molecule has 2 amide bonds. The molecule has 1 aromatic heterocycles. The van der Waals surface area contributed by atoms with Gasteiger partial charge in [0.05, 0.1) is 11.4 Å². The lowest BCUT2D eigenvalue weighted by molar-refractivity contribution is -0.142. The number of carbonyl (C=O) groups is 2. The van der Waals surface area contributed by atoms with Gasteiger partial charge in [-0.1, -0.05) is 56.3 Å². The topological polar surface area (TPSA) is 67.2 Å². The van der Waals surface area contributed by atoms with Crippen molar-refractivity contribution in [3.63, 3.8) is 0 Å². The summed E-state index contributed by atoms with van der Waals surface area (Å²) in [7, 11) is 0. The van der Waals surface area contributed by atoms with Crippen LogP contribution in [0.5, 0.6) is 0 Å². The molecule has 6 heteroatoms. The van der Waals surface area contributed by atoms with E-state index in [2.05, 4.69) is 28.7 Å². The Morgan fingerprint density at radius 3 is 2.50 bits per heavy atom. The summed E-state index contributed by atoms with van der Waals surface area (Å²) in [6, 6.07) is 17.7. The van der Waals surface area contributed by atoms with Crippen LogP contribution >= 0.6 is 0 Å². The standard InChI is InChI=1S/C28H34N4O2/c1-20(2)16-27(33)31-18-24-11-8-7-10-22(24)17-26(31)28(34)29-15-9-12-23-19-32(30-21(23)3)25-13-5-4-6-14-25/h4-8,10-11,13-14,19-20,26H,9,12,15-18H2,1-3H3,(H,29,34). The van der Waals surface area contributed by atoms with Crippen molar-refractivity contribution in [2.24, 2.45) is 5.92 Å². The molecule has 0 fully saturated rings. The lowest BCUT2D eigenvalue weighted by atomic mass is 9.92. The number of benzene rings is 2. The average Bonchev–Trinajstić information content (AvgIpc) is 3.21. The van der Waals surface area contributed by atoms with Gasteiger partial charge in [-0.15, -0.1) is 0 Å². The molecule has 1 aliphatic heterocycles. The molecule has 1 atom stereocenters. The minimum absolute atomic E-state index is 0.0496. The normalized spacial score (nSPS) is 15.3. The zero-order valence-corrected chi connectivity index (χ0v) is 20.3. The van der Waals surface area contributed by atoms with E-state index in [0.29, 0.717) is 25.9 Å². The quantitative estimate of drug-likeness (QED) is 0.514. The van der Waals surface area contributed by atoms with Gasteiger partial charge in [0, 0.05) is 32.1 Å². The Hall–Kier alpha value is -3.41. The van der Waals surface area contributed by atoms with E-state index in [1.54, 1.807) is 4.90 Å². The number of rotatable bonds is 8. The maximum absolute atomic E-state index is 13.2. The summed E-state index contributed by atoms with van der Waals surface area (Å²) in [4.78, 5) is 27.9. The van der Waals surface area contributed by atoms with Gasteiger partial charge in [-0.05, 0) is 54.5 Å². The first-order valence-corrected chi connectivity index (χ1v) is 12.2. The van der Waals surface area contributed by atoms with Crippen LogP contribution in [0.2, 0.25) is 0 Å². The van der Waals surface area contributed by atoms with Gasteiger partial charge >= 0.3 is 0 Å². The molecule has 0 aliphatic carbocycles. The molecule has 2 aromatic carbocycles. The number of nitrogens with one attached hydrogen (secondary N) is 1. The minimum Gasteiger partial charge on any atom is -0.354 e. The van der Waals surface area contributed by atoms with Crippen LogP contribution in [0.1, 0.15) is 49.1 Å². The second-order valence-corrected chi connectivity index (χ2v) is 9.52. The lowest BCUT2D eigenvalue weighted by Gasteiger charge is -2.36. The van der Waals surface area contributed by atoms with Gasteiger partial charge in [-0.25, -0.2) is 4.68 Å². The molecule has 0 radical (unpaired) electrons. The Bertz CT molecular complexity index is 1140. The first-order chi connectivity index (χ1) is 16.4. The van der Waals surface area contributed by atoms with Gasteiger partial charge in [-0.3, -0.25) is 9.59 Å². The molecule has 2 heterocycles. The summed E-state index contributed by atoms with van der Waals surface area (Å²) in [5, 5.41) is 7.72. The van der Waals surface area contributed by atoms with E-state index >= 15 is 0 Å². The summed E-state index contributed by atoms with van der Waals surface area (Å²) in [5.74, 6) is 0.241. The predicted molar refractivity (Wildman–Crippen MR) is 134 cm³/mol. The van der Waals surface area contributed by atoms with Gasteiger partial charge in [-0.2, -0.15) is 5.10 Å². The highest BCUT2D eigenvalue weighted by Gasteiger charge is 2.34. The molecule has 1 N–H and O–H groups in total. The van der Waals surface area contributed by atoms with Crippen LogP contribution in [0.25, 0.3) is 5.69 Å². The van der Waals surface area contributed by atoms with Crippen molar-refractivity contribution < 1.29 is 9.59 Å². The van der Waals surface area contributed by atoms with E-state index in [1.165, 1.54) is 5.56 Å². The molecule has 0 bridgehead atoms. The molecular formula is C28H34N4O2. The van der Waals surface area contributed by atoms with E-state index in [4.69, 9.17) is 0 Å². The van der Waals surface area contributed by atoms with Crippen LogP contribution in [0.4, 0.5) is 0 Å². The fourth-order valence-corrected chi connectivity index (χ4v) is 4.55. The average molecular weight is 459 g/mol. The highest BCUT2D eigenvalue weighted by atomic mass is 16.2. The number of carbonyl (C=O) groups excluding carboxylic acids is 2. The van der Waals surface area contributed by atoms with E-state index in [0.717, 1.165) is 35.3 Å². The zero-order chi connectivity index (χ0) is 24.1. The first-order valence-electron chi connectivity index (χ1n) is 12.2. The number of hydrogen-bond donors (Lipinski definition) is 1. The number of aromatic nitrogens is 2. The van der Waals surface area contributed by atoms with Crippen molar-refractivity contribution in [2.45, 2.75) is 59.0 Å². The summed E-state index contributed by atoms with van der Waals surface area (Å²) in [6.45, 7) is 7.15. The van der Waals surface area contributed by atoms with E-state index in [1.807, 2.05) is 67.9 Å². The summed E-state index contributed by atoms with van der Waals surface area (Å²) < 4.78 is 1.90. The Balaban J connectivity index is 1.36. The van der Waals surface area contributed by atoms with Crippen LogP contribution in [0, 0.1) is 12.8 Å². The van der Waals surface area contributed by atoms with Crippen LogP contribution in [0.3, 0.4) is 0 Å². The number of para-hydroxylation sites is 1.